The van der Waals surface area contributed by atoms with Crippen molar-refractivity contribution in [1.82, 2.24) is 51.5 Å². The second-order valence-electron chi connectivity index (χ2n) is 20.5. The van der Waals surface area contributed by atoms with Crippen LogP contribution in [0.3, 0.4) is 0 Å². The number of carbonyl (C=O) groups excluding carboxylic acids is 5. The second kappa shape index (κ2) is 24.9. The van der Waals surface area contributed by atoms with Gasteiger partial charge in [0.1, 0.15) is 30.2 Å². The molecule has 5 aromatic heterocycles. The van der Waals surface area contributed by atoms with E-state index in [2.05, 4.69) is 56.5 Å². The number of para-hydroxylation sites is 5. The van der Waals surface area contributed by atoms with Crippen LogP contribution in [-0.4, -0.2) is 114 Å². The first-order valence-corrected chi connectivity index (χ1v) is 27.1. The van der Waals surface area contributed by atoms with Crippen LogP contribution >= 0.6 is 0 Å². The largest absolute Gasteiger partial charge is 0.480 e. The van der Waals surface area contributed by atoms with Crippen molar-refractivity contribution < 1.29 is 33.9 Å². The van der Waals surface area contributed by atoms with E-state index in [1.54, 1.807) is 31.0 Å². The summed E-state index contributed by atoms with van der Waals surface area (Å²) in [6, 6.07) is 29.6. The van der Waals surface area contributed by atoms with Gasteiger partial charge in [0.15, 0.2) is 5.96 Å². The number of aromatic nitrogens is 5. The molecule has 0 fully saturated rings. The predicted molar refractivity (Wildman–Crippen MR) is 315 cm³/mol. The highest BCUT2D eigenvalue weighted by Gasteiger charge is 2.35. The lowest BCUT2D eigenvalue weighted by atomic mass is 9.99. The number of H-pyrrole nitrogens is 5. The van der Waals surface area contributed by atoms with Gasteiger partial charge in [-0.1, -0.05) is 91.0 Å². The van der Waals surface area contributed by atoms with Gasteiger partial charge in [0.25, 0.3) is 0 Å². The first-order valence-electron chi connectivity index (χ1n) is 27.1. The molecule has 0 bridgehead atoms. The van der Waals surface area contributed by atoms with Gasteiger partial charge in [0.05, 0.1) is 6.04 Å². The van der Waals surface area contributed by atoms with E-state index in [4.69, 9.17) is 17.2 Å². The van der Waals surface area contributed by atoms with Crippen molar-refractivity contribution in [1.29, 1.82) is 0 Å². The average molecular weight is 1110 g/mol. The molecule has 10 rings (SSSR count). The minimum absolute atomic E-state index is 0.0472. The maximum Gasteiger partial charge on any atom is 0.326 e. The summed E-state index contributed by atoms with van der Waals surface area (Å²) in [5.41, 5.74) is 25.2. The van der Waals surface area contributed by atoms with E-state index >= 15 is 9.59 Å². The van der Waals surface area contributed by atoms with Crippen LogP contribution in [0.4, 0.5) is 0 Å². The number of amides is 5. The Morgan fingerprint density at radius 2 is 0.683 bits per heavy atom. The zero-order valence-corrected chi connectivity index (χ0v) is 44.6. The fourth-order valence-corrected chi connectivity index (χ4v) is 10.7. The molecule has 21 nitrogen and oxygen atoms in total. The molecule has 0 radical (unpaired) electrons. The number of carboxylic acids is 1. The summed E-state index contributed by atoms with van der Waals surface area (Å²) >= 11 is 0. The van der Waals surface area contributed by atoms with Crippen molar-refractivity contribution >= 4 is 96.0 Å². The maximum atomic E-state index is 15.3. The zero-order valence-electron chi connectivity index (χ0n) is 44.6. The lowest BCUT2D eigenvalue weighted by Gasteiger charge is -2.27. The standard InChI is InChI=1S/C61H64N14O7/c62-44(24-34-29-66-45-17-6-1-12-39(34)45)55(76)71-50(22-11-23-65-61(63)64)56(77)72-51(25-35-30-67-46-18-7-2-13-40(35)46)57(78)73-52(26-36-31-68-47-19-8-3-14-41(36)47)58(79)74-53(27-37-32-69-48-20-9-4-15-42(37)48)59(80)75-54(60(81)82)28-38-33-70-49-21-10-5-16-43(38)49/h1-10,12-21,29-33,44,50-54,66-70H,11,22-28,62H2,(H,71,76)(H,72,77)(H,73,78)(H,74,79)(H,75,80)(H,81,82)(H4,63,64,65)/t44-,50-,51-,52-,53-,54-/m0/s1. The fraction of sp³-hybridized carbons (Fsp3) is 0.230. The molecule has 0 unspecified atom stereocenters. The quantitative estimate of drug-likeness (QED) is 0.0216. The van der Waals surface area contributed by atoms with E-state index in [0.29, 0.717) is 22.3 Å². The minimum Gasteiger partial charge on any atom is -0.480 e. The van der Waals surface area contributed by atoms with Crippen LogP contribution in [0.2, 0.25) is 0 Å². The number of fused-ring (bicyclic) bond motifs is 5. The van der Waals surface area contributed by atoms with Crippen LogP contribution in [0.15, 0.2) is 157 Å². The van der Waals surface area contributed by atoms with Crippen LogP contribution in [-0.2, 0) is 60.9 Å². The Balaban J connectivity index is 0.954. The van der Waals surface area contributed by atoms with E-state index in [-0.39, 0.29) is 57.5 Å². The van der Waals surface area contributed by atoms with Crippen LogP contribution in [0.1, 0.15) is 40.7 Å². The smallest absolute Gasteiger partial charge is 0.326 e. The molecule has 5 aromatic carbocycles. The number of benzene rings is 5. The monoisotopic (exact) mass is 1100 g/mol. The molecule has 0 saturated carbocycles. The molecule has 0 saturated heterocycles. The Hall–Kier alpha value is -10.2. The molecule has 0 aliphatic carbocycles. The number of carboxylic acid groups (broad SMARTS) is 1. The topological polar surface area (TPSA) is 352 Å². The average Bonchev–Trinajstić information content (AvgIpc) is 4.45. The summed E-state index contributed by atoms with van der Waals surface area (Å²) in [5.74, 6) is -5.07. The third-order valence-electron chi connectivity index (χ3n) is 14.9. The Labute approximate surface area is 469 Å². The van der Waals surface area contributed by atoms with Crippen molar-refractivity contribution in [3.8, 4) is 0 Å². The Bertz CT molecular complexity index is 3980. The van der Waals surface area contributed by atoms with Gasteiger partial charge in [0, 0.05) is 118 Å². The molecule has 6 atom stereocenters. The van der Waals surface area contributed by atoms with Crippen molar-refractivity contribution in [2.24, 2.45) is 22.2 Å². The first-order chi connectivity index (χ1) is 39.8. The molecule has 82 heavy (non-hydrogen) atoms. The van der Waals surface area contributed by atoms with E-state index < -0.39 is 71.8 Å². The summed E-state index contributed by atoms with van der Waals surface area (Å²) in [7, 11) is 0. The molecule has 17 N–H and O–H groups in total. The predicted octanol–water partition coefficient (Wildman–Crippen LogP) is 4.50. The van der Waals surface area contributed by atoms with Gasteiger partial charge in [-0.3, -0.25) is 29.0 Å². The molecule has 420 valence electrons. The third-order valence-corrected chi connectivity index (χ3v) is 14.9. The van der Waals surface area contributed by atoms with Crippen LogP contribution < -0.4 is 43.8 Å². The second-order valence-corrected chi connectivity index (χ2v) is 20.5. The molecule has 5 amide bonds. The van der Waals surface area contributed by atoms with E-state index in [0.717, 1.165) is 60.1 Å². The van der Waals surface area contributed by atoms with Gasteiger partial charge < -0.3 is 73.8 Å². The van der Waals surface area contributed by atoms with Gasteiger partial charge >= 0.3 is 5.97 Å². The van der Waals surface area contributed by atoms with Gasteiger partial charge in [-0.15, -0.1) is 0 Å². The van der Waals surface area contributed by atoms with E-state index in [1.165, 1.54) is 0 Å². The van der Waals surface area contributed by atoms with E-state index in [1.807, 2.05) is 121 Å². The summed E-state index contributed by atoms with van der Waals surface area (Å²) < 4.78 is 0. The Morgan fingerprint density at radius 1 is 0.402 bits per heavy atom. The van der Waals surface area contributed by atoms with Crippen LogP contribution in [0.25, 0.3) is 54.5 Å². The third kappa shape index (κ3) is 12.8. The molecule has 0 spiro atoms. The zero-order chi connectivity index (χ0) is 57.3. The summed E-state index contributed by atoms with van der Waals surface area (Å²) in [5, 5.41) is 28.9. The van der Waals surface area contributed by atoms with Gasteiger partial charge in [-0.25, -0.2) is 4.79 Å². The lowest BCUT2D eigenvalue weighted by molar-refractivity contribution is -0.142. The highest BCUT2D eigenvalue weighted by Crippen LogP contribution is 2.25. The van der Waals surface area contributed by atoms with Crippen LogP contribution in [0.5, 0.6) is 0 Å². The number of nitrogens with zero attached hydrogens (tertiary/aromatic N) is 1. The van der Waals surface area contributed by atoms with Crippen molar-refractivity contribution in [3.05, 3.63) is 180 Å². The highest BCUT2D eigenvalue weighted by atomic mass is 16.4. The number of aliphatic carboxylic acids is 1. The minimum atomic E-state index is -1.40. The highest BCUT2D eigenvalue weighted by molar-refractivity contribution is 5.98. The number of carbonyl (C=O) groups is 6. The number of aliphatic imine (C=N–C) groups is 1. The molecule has 0 aliphatic rings. The molecular weight excluding hydrogens is 1040 g/mol. The SMILES string of the molecule is NC(N)=NCCC[C@H](NC(=O)[C@@H](N)Cc1c[nH]c2ccccc12)C(=O)N[C@@H](Cc1c[nH]c2ccccc12)C(=O)N[C@@H](Cc1c[nH]c2ccccc12)C(=O)N[C@@H](Cc1c[nH]c2ccccc12)C(=O)N[C@@H](Cc1c[nH]c2ccccc12)C(=O)O. The molecular formula is C61H64N14O7. The fourth-order valence-electron chi connectivity index (χ4n) is 10.7. The summed E-state index contributed by atoms with van der Waals surface area (Å²) in [6.07, 6.45) is 8.85. The van der Waals surface area contributed by atoms with Crippen molar-refractivity contribution in [3.63, 3.8) is 0 Å². The lowest BCUT2D eigenvalue weighted by Crippen LogP contribution is -2.60. The van der Waals surface area contributed by atoms with E-state index in [9.17, 15) is 24.3 Å². The number of aromatic amines is 5. The normalized spacial score (nSPS) is 13.7. The van der Waals surface area contributed by atoms with Gasteiger partial charge in [0.2, 0.25) is 29.5 Å². The van der Waals surface area contributed by atoms with Gasteiger partial charge in [-0.05, 0) is 77.4 Å². The molecule has 21 heteroatoms. The number of hydrogen-bond acceptors (Lipinski definition) is 8. The molecule has 0 aliphatic heterocycles. The Kier molecular flexibility index (Phi) is 16.7. The summed E-state index contributed by atoms with van der Waals surface area (Å²) in [4.78, 5) is 107. The maximum absolute atomic E-state index is 15.3. The number of hydrogen-bond donors (Lipinski definition) is 14. The first kappa shape index (κ1) is 55.2. The van der Waals surface area contributed by atoms with Crippen molar-refractivity contribution in [2.45, 2.75) is 81.2 Å². The van der Waals surface area contributed by atoms with Crippen molar-refractivity contribution in [2.75, 3.05) is 6.54 Å². The number of nitrogens with one attached hydrogen (secondary N) is 10. The number of rotatable bonds is 25. The van der Waals surface area contributed by atoms with Crippen LogP contribution in [0, 0.1) is 0 Å². The Morgan fingerprint density at radius 3 is 1.01 bits per heavy atom. The number of guanidine groups is 1. The molecule has 10 aromatic rings. The molecule has 5 heterocycles. The summed E-state index contributed by atoms with van der Waals surface area (Å²) in [6.45, 7) is 0.133. The van der Waals surface area contributed by atoms with Gasteiger partial charge in [-0.2, -0.15) is 0 Å². The number of nitrogens with two attached hydrogens (primary N) is 3.